The first-order valence-electron chi connectivity index (χ1n) is 5.14. The normalized spacial score (nSPS) is 11.9. The van der Waals surface area contributed by atoms with Gasteiger partial charge in [-0.05, 0) is 19.1 Å². The van der Waals surface area contributed by atoms with Gasteiger partial charge in [0.05, 0.1) is 24.3 Å². The minimum Gasteiger partial charge on any atom is -0.395 e. The zero-order valence-electron chi connectivity index (χ0n) is 9.51. The van der Waals surface area contributed by atoms with Gasteiger partial charge in [0.25, 0.3) is 0 Å². The van der Waals surface area contributed by atoms with Gasteiger partial charge < -0.3 is 15.1 Å². The average Bonchev–Trinajstić information content (AvgIpc) is 2.28. The van der Waals surface area contributed by atoms with Crippen LogP contribution in [0.15, 0.2) is 18.2 Å². The van der Waals surface area contributed by atoms with Gasteiger partial charge in [0, 0.05) is 24.8 Å². The van der Waals surface area contributed by atoms with Crippen molar-refractivity contribution in [3.63, 3.8) is 0 Å². The van der Waals surface area contributed by atoms with Gasteiger partial charge in [-0.1, -0.05) is 6.07 Å². The Morgan fingerprint density at radius 1 is 1.50 bits per heavy atom. The first-order valence-corrected chi connectivity index (χ1v) is 5.14. The zero-order chi connectivity index (χ0) is 12.1. The largest absolute Gasteiger partial charge is 0.395 e. The van der Waals surface area contributed by atoms with Crippen molar-refractivity contribution in [2.24, 2.45) is 0 Å². The highest BCUT2D eigenvalue weighted by atomic mass is 16.3. The number of nitrogens with zero attached hydrogens (tertiary/aromatic N) is 2. The van der Waals surface area contributed by atoms with Crippen LogP contribution < -0.4 is 4.90 Å². The maximum atomic E-state index is 9.61. The number of nitriles is 1. The van der Waals surface area contributed by atoms with E-state index in [0.717, 1.165) is 11.3 Å². The average molecular weight is 220 g/mol. The van der Waals surface area contributed by atoms with E-state index in [1.54, 1.807) is 25.1 Å². The van der Waals surface area contributed by atoms with Crippen molar-refractivity contribution in [3.05, 3.63) is 29.3 Å². The van der Waals surface area contributed by atoms with Crippen LogP contribution in [0.3, 0.4) is 0 Å². The number of benzene rings is 1. The fourth-order valence-corrected chi connectivity index (χ4v) is 1.57. The molecule has 0 aliphatic rings. The van der Waals surface area contributed by atoms with Crippen LogP contribution in [0.1, 0.15) is 24.2 Å². The Hall–Kier alpha value is -1.57. The lowest BCUT2D eigenvalue weighted by Gasteiger charge is -2.23. The van der Waals surface area contributed by atoms with Gasteiger partial charge in [-0.25, -0.2) is 0 Å². The molecule has 0 amide bonds. The molecule has 4 nitrogen and oxygen atoms in total. The predicted molar refractivity (Wildman–Crippen MR) is 62.1 cm³/mol. The molecule has 0 radical (unpaired) electrons. The molecule has 0 bridgehead atoms. The number of hydrogen-bond donors (Lipinski definition) is 2. The molecule has 0 aromatic heterocycles. The summed E-state index contributed by atoms with van der Waals surface area (Å²) in [7, 11) is 1.82. The quantitative estimate of drug-likeness (QED) is 0.795. The second-order valence-electron chi connectivity index (χ2n) is 3.71. The van der Waals surface area contributed by atoms with Crippen LogP contribution in [-0.4, -0.2) is 30.4 Å². The van der Waals surface area contributed by atoms with Crippen LogP contribution in [0.5, 0.6) is 0 Å². The summed E-state index contributed by atoms with van der Waals surface area (Å²) in [6.45, 7) is 2.18. The molecule has 4 heteroatoms. The minimum absolute atomic E-state index is 0.0343. The van der Waals surface area contributed by atoms with E-state index in [1.165, 1.54) is 0 Å². The molecule has 86 valence electrons. The minimum atomic E-state index is -0.594. The lowest BCUT2D eigenvalue weighted by atomic mass is 10.0. The predicted octanol–water partition coefficient (Wildman–Crippen LogP) is 1.04. The van der Waals surface area contributed by atoms with Crippen LogP contribution in [0.2, 0.25) is 0 Å². The fourth-order valence-electron chi connectivity index (χ4n) is 1.57. The Bertz CT molecular complexity index is 396. The SMILES string of the molecule is C[C@@H](O)c1ccc(C#N)cc1N(C)CCO. The summed E-state index contributed by atoms with van der Waals surface area (Å²) < 4.78 is 0. The third-order valence-corrected chi connectivity index (χ3v) is 2.46. The topological polar surface area (TPSA) is 67.5 Å². The molecule has 0 aliphatic heterocycles. The van der Waals surface area contributed by atoms with E-state index >= 15 is 0 Å². The second-order valence-corrected chi connectivity index (χ2v) is 3.71. The maximum absolute atomic E-state index is 9.61. The number of aliphatic hydroxyl groups is 2. The Labute approximate surface area is 95.4 Å². The van der Waals surface area contributed by atoms with E-state index in [0.29, 0.717) is 12.1 Å². The molecule has 0 saturated heterocycles. The molecule has 0 heterocycles. The van der Waals surface area contributed by atoms with E-state index in [1.807, 2.05) is 11.9 Å². The van der Waals surface area contributed by atoms with E-state index in [4.69, 9.17) is 10.4 Å². The van der Waals surface area contributed by atoms with E-state index in [9.17, 15) is 5.11 Å². The maximum Gasteiger partial charge on any atom is 0.0992 e. The molecule has 0 spiro atoms. The van der Waals surface area contributed by atoms with Gasteiger partial charge >= 0.3 is 0 Å². The number of likely N-dealkylation sites (N-methyl/N-ethyl adjacent to an activating group) is 1. The molecule has 0 aliphatic carbocycles. The van der Waals surface area contributed by atoms with Gasteiger partial charge in [0.2, 0.25) is 0 Å². The molecule has 1 aromatic carbocycles. The van der Waals surface area contributed by atoms with Crippen molar-refractivity contribution in [3.8, 4) is 6.07 Å². The lowest BCUT2D eigenvalue weighted by molar-refractivity contribution is 0.199. The van der Waals surface area contributed by atoms with Crippen molar-refractivity contribution in [2.75, 3.05) is 25.1 Å². The molecule has 2 N–H and O–H groups in total. The van der Waals surface area contributed by atoms with Crippen molar-refractivity contribution in [2.45, 2.75) is 13.0 Å². The zero-order valence-corrected chi connectivity index (χ0v) is 9.51. The lowest BCUT2D eigenvalue weighted by Crippen LogP contribution is -2.23. The number of aliphatic hydroxyl groups excluding tert-OH is 2. The molecular formula is C12H16N2O2. The molecular weight excluding hydrogens is 204 g/mol. The highest BCUT2D eigenvalue weighted by Gasteiger charge is 2.12. The summed E-state index contributed by atoms with van der Waals surface area (Å²) >= 11 is 0. The highest BCUT2D eigenvalue weighted by molar-refractivity contribution is 5.58. The molecule has 1 rings (SSSR count). The van der Waals surface area contributed by atoms with E-state index in [-0.39, 0.29) is 6.61 Å². The third-order valence-electron chi connectivity index (χ3n) is 2.46. The van der Waals surface area contributed by atoms with Crippen LogP contribution >= 0.6 is 0 Å². The van der Waals surface area contributed by atoms with Gasteiger partial charge in [-0.3, -0.25) is 0 Å². The summed E-state index contributed by atoms with van der Waals surface area (Å²) in [5, 5.41) is 27.3. The second kappa shape index (κ2) is 5.50. The van der Waals surface area contributed by atoms with Crippen LogP contribution in [0, 0.1) is 11.3 Å². The smallest absolute Gasteiger partial charge is 0.0992 e. The summed E-state index contributed by atoms with van der Waals surface area (Å²) in [5.41, 5.74) is 2.09. The van der Waals surface area contributed by atoms with Gasteiger partial charge in [-0.2, -0.15) is 5.26 Å². The molecule has 16 heavy (non-hydrogen) atoms. The Kier molecular flexibility index (Phi) is 4.29. The van der Waals surface area contributed by atoms with Crippen molar-refractivity contribution in [1.29, 1.82) is 5.26 Å². The molecule has 0 unspecified atom stereocenters. The fraction of sp³-hybridized carbons (Fsp3) is 0.417. The first-order chi connectivity index (χ1) is 7.60. The van der Waals surface area contributed by atoms with Crippen LogP contribution in [-0.2, 0) is 0 Å². The summed E-state index contributed by atoms with van der Waals surface area (Å²) in [4.78, 5) is 1.82. The van der Waals surface area contributed by atoms with Gasteiger partial charge in [0.1, 0.15) is 0 Å². The molecule has 1 aromatic rings. The van der Waals surface area contributed by atoms with E-state index < -0.39 is 6.10 Å². The Balaban J connectivity index is 3.15. The summed E-state index contributed by atoms with van der Waals surface area (Å²) in [5.74, 6) is 0. The van der Waals surface area contributed by atoms with Crippen LogP contribution in [0.4, 0.5) is 5.69 Å². The van der Waals surface area contributed by atoms with Crippen LogP contribution in [0.25, 0.3) is 0 Å². The Morgan fingerprint density at radius 2 is 2.19 bits per heavy atom. The van der Waals surface area contributed by atoms with E-state index in [2.05, 4.69) is 6.07 Å². The van der Waals surface area contributed by atoms with Gasteiger partial charge in [-0.15, -0.1) is 0 Å². The highest BCUT2D eigenvalue weighted by Crippen LogP contribution is 2.26. The van der Waals surface area contributed by atoms with Gasteiger partial charge in [0.15, 0.2) is 0 Å². The number of anilines is 1. The Morgan fingerprint density at radius 3 is 2.69 bits per heavy atom. The monoisotopic (exact) mass is 220 g/mol. The van der Waals surface area contributed by atoms with Crippen molar-refractivity contribution >= 4 is 5.69 Å². The van der Waals surface area contributed by atoms with Crippen molar-refractivity contribution < 1.29 is 10.2 Å². The third kappa shape index (κ3) is 2.72. The molecule has 1 atom stereocenters. The number of hydrogen-bond acceptors (Lipinski definition) is 4. The molecule has 0 fully saturated rings. The first kappa shape index (κ1) is 12.5. The standard InChI is InChI=1S/C12H16N2O2/c1-9(16)11-4-3-10(8-13)7-12(11)14(2)5-6-15/h3-4,7,9,15-16H,5-6H2,1-2H3/t9-/m1/s1. The summed E-state index contributed by atoms with van der Waals surface area (Å²) in [6, 6.07) is 7.20. The molecule has 0 saturated carbocycles. The number of rotatable bonds is 4. The summed E-state index contributed by atoms with van der Waals surface area (Å²) in [6.07, 6.45) is -0.594. The van der Waals surface area contributed by atoms with Crippen molar-refractivity contribution in [1.82, 2.24) is 0 Å².